The number of carbonyl (C=O) groups is 3. The minimum absolute atomic E-state index is 0.123. The molecule has 1 aromatic carbocycles. The fourth-order valence-corrected chi connectivity index (χ4v) is 6.21. The van der Waals surface area contributed by atoms with E-state index in [0.717, 1.165) is 9.87 Å². The number of nitrogens with one attached hydrogen (secondary N) is 1. The highest BCUT2D eigenvalue weighted by Crippen LogP contribution is 2.34. The molecule has 3 heterocycles. The minimum atomic E-state index is -3.97. The normalized spacial score (nSPS) is 21.4. The highest BCUT2D eigenvalue weighted by molar-refractivity contribution is 7.89. The molecule has 10 heteroatoms. The highest BCUT2D eigenvalue weighted by Gasteiger charge is 2.54. The average Bonchev–Trinajstić information content (AvgIpc) is 3.41. The summed E-state index contributed by atoms with van der Waals surface area (Å²) in [5.41, 5.74) is 1.47. The van der Waals surface area contributed by atoms with E-state index in [0.29, 0.717) is 24.8 Å². The van der Waals surface area contributed by atoms with Gasteiger partial charge in [0.15, 0.2) is 10.8 Å². The number of fused-ring (bicyclic) bond motifs is 1. The van der Waals surface area contributed by atoms with Gasteiger partial charge in [0.2, 0.25) is 5.91 Å². The second kappa shape index (κ2) is 9.63. The number of Topliss-reactive ketones (excluding diaryl/α,β-unsaturated/α-hetero) is 1. The fourth-order valence-electron chi connectivity index (χ4n) is 4.65. The molecule has 0 spiro atoms. The van der Waals surface area contributed by atoms with E-state index in [1.807, 2.05) is 26.0 Å². The number of hydrogen-bond donors (Lipinski definition) is 1. The summed E-state index contributed by atoms with van der Waals surface area (Å²) in [5.74, 6) is -1.05. The van der Waals surface area contributed by atoms with Crippen LogP contribution in [0.5, 0.6) is 0 Å². The minimum Gasteiger partial charge on any atom is -0.340 e. The van der Waals surface area contributed by atoms with Crippen LogP contribution in [0.2, 0.25) is 0 Å². The molecule has 2 fully saturated rings. The zero-order valence-corrected chi connectivity index (χ0v) is 20.0. The van der Waals surface area contributed by atoms with E-state index in [1.165, 1.54) is 17.2 Å². The number of likely N-dealkylation sites (tertiary alicyclic amines) is 1. The van der Waals surface area contributed by atoms with Gasteiger partial charge in [-0.15, -0.1) is 0 Å². The van der Waals surface area contributed by atoms with Crippen LogP contribution < -0.4 is 5.32 Å². The van der Waals surface area contributed by atoms with Crippen molar-refractivity contribution in [2.24, 2.45) is 0 Å². The quantitative estimate of drug-likeness (QED) is 0.637. The predicted molar refractivity (Wildman–Crippen MR) is 124 cm³/mol. The van der Waals surface area contributed by atoms with Crippen LogP contribution in [0.15, 0.2) is 53.7 Å². The Morgan fingerprint density at radius 1 is 1.18 bits per heavy atom. The van der Waals surface area contributed by atoms with Gasteiger partial charge in [-0.05, 0) is 44.0 Å². The first kappa shape index (κ1) is 24.0. The van der Waals surface area contributed by atoms with E-state index in [2.05, 4.69) is 10.3 Å². The van der Waals surface area contributed by atoms with Gasteiger partial charge in [-0.2, -0.15) is 4.31 Å². The summed E-state index contributed by atoms with van der Waals surface area (Å²) in [6, 6.07) is 9.33. The number of ketones is 1. The molecule has 0 bridgehead atoms. The molecule has 34 heavy (non-hydrogen) atoms. The Morgan fingerprint density at radius 3 is 2.56 bits per heavy atom. The Bertz CT molecular complexity index is 1180. The molecule has 4 rings (SSSR count). The number of pyridine rings is 1. The van der Waals surface area contributed by atoms with Crippen LogP contribution >= 0.6 is 0 Å². The molecule has 0 aliphatic carbocycles. The Labute approximate surface area is 199 Å². The Balaban J connectivity index is 1.52. The van der Waals surface area contributed by atoms with Crippen LogP contribution in [-0.4, -0.2) is 71.4 Å². The van der Waals surface area contributed by atoms with Gasteiger partial charge in [-0.1, -0.05) is 37.1 Å². The van der Waals surface area contributed by atoms with Crippen molar-refractivity contribution in [2.75, 3.05) is 13.1 Å². The van der Waals surface area contributed by atoms with Crippen LogP contribution in [0.25, 0.3) is 0 Å². The SMILES string of the molecule is CCCC(NC(=O)c1ccc(C)cc1)C(=O)N1CCC2C1C(=O)CN2S(=O)(=O)c1ccccn1. The molecular weight excluding hydrogens is 456 g/mol. The lowest BCUT2D eigenvalue weighted by atomic mass is 10.1. The molecule has 2 saturated heterocycles. The maximum Gasteiger partial charge on any atom is 0.261 e. The maximum atomic E-state index is 13.4. The van der Waals surface area contributed by atoms with Crippen molar-refractivity contribution in [3.63, 3.8) is 0 Å². The molecule has 2 amide bonds. The smallest absolute Gasteiger partial charge is 0.261 e. The summed E-state index contributed by atoms with van der Waals surface area (Å²) in [7, 11) is -3.97. The number of rotatable bonds is 7. The van der Waals surface area contributed by atoms with Crippen molar-refractivity contribution in [1.82, 2.24) is 19.5 Å². The van der Waals surface area contributed by atoms with E-state index in [1.54, 1.807) is 24.3 Å². The van der Waals surface area contributed by atoms with Gasteiger partial charge >= 0.3 is 0 Å². The van der Waals surface area contributed by atoms with Gasteiger partial charge in [0.1, 0.15) is 12.1 Å². The van der Waals surface area contributed by atoms with E-state index in [-0.39, 0.29) is 35.7 Å². The standard InChI is InChI=1S/C24H28N4O5S/c1-3-6-18(26-23(30)17-10-8-16(2)9-11-17)24(31)27-14-12-19-22(27)20(29)15-28(19)34(32,33)21-7-4-5-13-25-21/h4-5,7-11,13,18-19,22H,3,6,12,14-15H2,1-2H3,(H,26,30). The molecule has 2 aliphatic heterocycles. The van der Waals surface area contributed by atoms with Crippen molar-refractivity contribution < 1.29 is 22.8 Å². The zero-order chi connectivity index (χ0) is 24.5. The van der Waals surface area contributed by atoms with E-state index in [9.17, 15) is 22.8 Å². The van der Waals surface area contributed by atoms with Crippen LogP contribution in [0.1, 0.15) is 42.1 Å². The second-order valence-electron chi connectivity index (χ2n) is 8.70. The van der Waals surface area contributed by atoms with Crippen LogP contribution in [0.3, 0.4) is 0 Å². The fraction of sp³-hybridized carbons (Fsp3) is 0.417. The maximum absolute atomic E-state index is 13.4. The molecule has 9 nitrogen and oxygen atoms in total. The van der Waals surface area contributed by atoms with E-state index < -0.39 is 28.1 Å². The molecule has 3 unspecified atom stereocenters. The number of aromatic nitrogens is 1. The Hall–Kier alpha value is -3.11. The van der Waals surface area contributed by atoms with Crippen molar-refractivity contribution in [3.05, 3.63) is 59.8 Å². The van der Waals surface area contributed by atoms with Gasteiger partial charge in [-0.25, -0.2) is 13.4 Å². The zero-order valence-electron chi connectivity index (χ0n) is 19.2. The average molecular weight is 485 g/mol. The summed E-state index contributed by atoms with van der Waals surface area (Å²) >= 11 is 0. The molecule has 3 atom stereocenters. The van der Waals surface area contributed by atoms with Crippen molar-refractivity contribution in [3.8, 4) is 0 Å². The van der Waals surface area contributed by atoms with Crippen molar-refractivity contribution in [1.29, 1.82) is 0 Å². The Kier molecular flexibility index (Phi) is 6.81. The first-order chi connectivity index (χ1) is 16.2. The number of hydrogen-bond acceptors (Lipinski definition) is 6. The largest absolute Gasteiger partial charge is 0.340 e. The van der Waals surface area contributed by atoms with Gasteiger partial charge in [0.25, 0.3) is 15.9 Å². The third-order valence-corrected chi connectivity index (χ3v) is 8.15. The highest BCUT2D eigenvalue weighted by atomic mass is 32.2. The lowest BCUT2D eigenvalue weighted by molar-refractivity contribution is -0.138. The number of benzene rings is 1. The number of sulfonamides is 1. The number of carbonyl (C=O) groups excluding carboxylic acids is 3. The molecule has 2 aromatic rings. The second-order valence-corrected chi connectivity index (χ2v) is 10.5. The molecule has 180 valence electrons. The van der Waals surface area contributed by atoms with Gasteiger partial charge in [-0.3, -0.25) is 14.4 Å². The molecule has 1 N–H and O–H groups in total. The summed E-state index contributed by atoms with van der Waals surface area (Å²) in [6.45, 7) is 3.78. The molecule has 1 aromatic heterocycles. The van der Waals surface area contributed by atoms with E-state index >= 15 is 0 Å². The first-order valence-electron chi connectivity index (χ1n) is 11.4. The number of nitrogens with zero attached hydrogens (tertiary/aromatic N) is 3. The predicted octanol–water partition coefficient (Wildman–Crippen LogP) is 1.53. The molecule has 0 radical (unpaired) electrons. The summed E-state index contributed by atoms with van der Waals surface area (Å²) in [5, 5.41) is 2.69. The van der Waals surface area contributed by atoms with Gasteiger partial charge in [0, 0.05) is 18.3 Å². The van der Waals surface area contributed by atoms with Crippen molar-refractivity contribution in [2.45, 2.75) is 56.3 Å². The lowest BCUT2D eigenvalue weighted by Crippen LogP contribution is -2.52. The topological polar surface area (TPSA) is 117 Å². The monoisotopic (exact) mass is 484 g/mol. The number of aryl methyl sites for hydroxylation is 1. The first-order valence-corrected chi connectivity index (χ1v) is 12.8. The van der Waals surface area contributed by atoms with E-state index in [4.69, 9.17) is 0 Å². The Morgan fingerprint density at radius 2 is 1.91 bits per heavy atom. The van der Waals surface area contributed by atoms with Gasteiger partial charge < -0.3 is 10.2 Å². The lowest BCUT2D eigenvalue weighted by Gasteiger charge is -2.28. The van der Waals surface area contributed by atoms with Crippen LogP contribution in [-0.2, 0) is 19.6 Å². The summed E-state index contributed by atoms with van der Waals surface area (Å²) < 4.78 is 27.4. The van der Waals surface area contributed by atoms with Crippen LogP contribution in [0, 0.1) is 6.92 Å². The molecular formula is C24H28N4O5S. The summed E-state index contributed by atoms with van der Waals surface area (Å²) in [4.78, 5) is 44.5. The molecule has 0 saturated carbocycles. The van der Waals surface area contributed by atoms with Crippen molar-refractivity contribution >= 4 is 27.6 Å². The third kappa shape index (κ3) is 4.47. The molecule has 2 aliphatic rings. The number of amides is 2. The van der Waals surface area contributed by atoms with Crippen LogP contribution in [0.4, 0.5) is 0 Å². The van der Waals surface area contributed by atoms with Gasteiger partial charge in [0.05, 0.1) is 12.6 Å². The third-order valence-electron chi connectivity index (χ3n) is 6.37. The summed E-state index contributed by atoms with van der Waals surface area (Å²) in [6.07, 6.45) is 2.80.